The molecule has 0 atom stereocenters. The molecule has 1 saturated heterocycles. The summed E-state index contributed by atoms with van der Waals surface area (Å²) in [6, 6.07) is 17.6. The van der Waals surface area contributed by atoms with Crippen molar-refractivity contribution in [1.82, 2.24) is 9.80 Å². The van der Waals surface area contributed by atoms with Gasteiger partial charge in [-0.1, -0.05) is 54.1 Å². The summed E-state index contributed by atoms with van der Waals surface area (Å²) in [7, 11) is 1.36. The molecule has 0 radical (unpaired) electrons. The van der Waals surface area contributed by atoms with Gasteiger partial charge in [0.1, 0.15) is 10.6 Å². The molecule has 2 aromatic carbocycles. The second-order valence-electron chi connectivity index (χ2n) is 8.33. The van der Waals surface area contributed by atoms with Crippen molar-refractivity contribution >= 4 is 39.8 Å². The van der Waals surface area contributed by atoms with E-state index in [1.165, 1.54) is 24.0 Å². The maximum Gasteiger partial charge on any atom is 0.341 e. The SMILES string of the molecule is COC(=O)c1c(NC(=O)CN2CCN(Cc3cccc(Cl)c3)CC2)sc(C)c1-c1ccccc1. The molecule has 1 N–H and O–H groups in total. The smallest absolute Gasteiger partial charge is 0.341 e. The summed E-state index contributed by atoms with van der Waals surface area (Å²) in [5.74, 6) is -0.581. The van der Waals surface area contributed by atoms with Crippen LogP contribution in [0.1, 0.15) is 20.8 Å². The number of esters is 1. The summed E-state index contributed by atoms with van der Waals surface area (Å²) in [4.78, 5) is 31.0. The lowest BCUT2D eigenvalue weighted by Crippen LogP contribution is -2.48. The Hall–Kier alpha value is -2.71. The zero-order valence-electron chi connectivity index (χ0n) is 19.3. The number of nitrogens with one attached hydrogen (secondary N) is 1. The van der Waals surface area contributed by atoms with Crippen molar-refractivity contribution in [2.24, 2.45) is 0 Å². The van der Waals surface area contributed by atoms with E-state index in [-0.39, 0.29) is 12.5 Å². The molecule has 1 aliphatic heterocycles. The maximum absolute atomic E-state index is 12.9. The monoisotopic (exact) mass is 497 g/mol. The molecule has 178 valence electrons. The van der Waals surface area contributed by atoms with E-state index < -0.39 is 5.97 Å². The number of halogens is 1. The van der Waals surface area contributed by atoms with E-state index in [0.717, 1.165) is 53.8 Å². The molecule has 0 bridgehead atoms. The Morgan fingerprint density at radius 2 is 1.74 bits per heavy atom. The van der Waals surface area contributed by atoms with Gasteiger partial charge in [-0.05, 0) is 30.2 Å². The number of aryl methyl sites for hydroxylation is 1. The first kappa shape index (κ1) is 24.4. The zero-order chi connectivity index (χ0) is 24.1. The van der Waals surface area contributed by atoms with Crippen LogP contribution in [0.5, 0.6) is 0 Å². The fourth-order valence-corrected chi connectivity index (χ4v) is 5.54. The van der Waals surface area contributed by atoms with Crippen LogP contribution in [0, 0.1) is 6.92 Å². The number of piperazine rings is 1. The molecule has 8 heteroatoms. The third-order valence-corrected chi connectivity index (χ3v) is 7.17. The van der Waals surface area contributed by atoms with Gasteiger partial charge in [-0.25, -0.2) is 4.79 Å². The van der Waals surface area contributed by atoms with Crippen molar-refractivity contribution in [2.45, 2.75) is 13.5 Å². The highest BCUT2D eigenvalue weighted by Crippen LogP contribution is 2.40. The number of hydrogen-bond donors (Lipinski definition) is 1. The van der Waals surface area contributed by atoms with E-state index in [4.69, 9.17) is 16.3 Å². The van der Waals surface area contributed by atoms with Gasteiger partial charge in [0.15, 0.2) is 0 Å². The number of methoxy groups -OCH3 is 1. The molecule has 3 aromatic rings. The van der Waals surface area contributed by atoms with Gasteiger partial charge >= 0.3 is 5.97 Å². The molecule has 34 heavy (non-hydrogen) atoms. The van der Waals surface area contributed by atoms with Crippen LogP contribution in [0.4, 0.5) is 5.00 Å². The lowest BCUT2D eigenvalue weighted by molar-refractivity contribution is -0.117. The van der Waals surface area contributed by atoms with Crippen LogP contribution < -0.4 is 5.32 Å². The van der Waals surface area contributed by atoms with Crippen LogP contribution in [0.3, 0.4) is 0 Å². The number of anilines is 1. The molecule has 1 fully saturated rings. The van der Waals surface area contributed by atoms with E-state index in [2.05, 4.69) is 21.2 Å². The molecular formula is C26H28ClN3O3S. The van der Waals surface area contributed by atoms with E-state index in [1.54, 1.807) is 0 Å². The third kappa shape index (κ3) is 5.85. The highest BCUT2D eigenvalue weighted by atomic mass is 35.5. The number of benzene rings is 2. The quantitative estimate of drug-likeness (QED) is 0.469. The highest BCUT2D eigenvalue weighted by molar-refractivity contribution is 7.17. The minimum Gasteiger partial charge on any atom is -0.465 e. The molecule has 4 rings (SSSR count). The predicted molar refractivity (Wildman–Crippen MR) is 138 cm³/mol. The number of rotatable bonds is 7. The first-order chi connectivity index (χ1) is 16.4. The maximum atomic E-state index is 12.9. The second-order valence-corrected chi connectivity index (χ2v) is 9.99. The summed E-state index contributed by atoms with van der Waals surface area (Å²) < 4.78 is 5.04. The Balaban J connectivity index is 1.38. The normalized spacial score (nSPS) is 14.7. The van der Waals surface area contributed by atoms with Gasteiger partial charge in [0, 0.05) is 48.2 Å². The highest BCUT2D eigenvalue weighted by Gasteiger charge is 2.26. The molecule has 0 saturated carbocycles. The van der Waals surface area contributed by atoms with Crippen molar-refractivity contribution in [1.29, 1.82) is 0 Å². The molecule has 1 aliphatic rings. The first-order valence-electron chi connectivity index (χ1n) is 11.2. The second kappa shape index (κ2) is 11.1. The predicted octanol–water partition coefficient (Wildman–Crippen LogP) is 4.92. The number of ether oxygens (including phenoxy) is 1. The van der Waals surface area contributed by atoms with E-state index in [0.29, 0.717) is 10.6 Å². The zero-order valence-corrected chi connectivity index (χ0v) is 20.9. The molecule has 0 spiro atoms. The Bertz CT molecular complexity index is 1160. The van der Waals surface area contributed by atoms with Gasteiger partial charge in [0.2, 0.25) is 5.91 Å². The number of carbonyl (C=O) groups is 2. The summed E-state index contributed by atoms with van der Waals surface area (Å²) in [5, 5.41) is 4.25. The minimum atomic E-state index is -0.451. The largest absolute Gasteiger partial charge is 0.465 e. The standard InChI is InChI=1S/C26H28ClN3O3S/c1-18-23(20-8-4-3-5-9-20)24(26(32)33-2)25(34-18)28-22(31)17-30-13-11-29(12-14-30)16-19-7-6-10-21(27)15-19/h3-10,15H,11-14,16-17H2,1-2H3,(H,28,31). The van der Waals surface area contributed by atoms with Crippen molar-refractivity contribution in [3.05, 3.63) is 75.6 Å². The number of thiophene rings is 1. The third-order valence-electron chi connectivity index (χ3n) is 5.92. The first-order valence-corrected chi connectivity index (χ1v) is 12.4. The van der Waals surface area contributed by atoms with Gasteiger partial charge < -0.3 is 10.1 Å². The molecular weight excluding hydrogens is 470 g/mol. The van der Waals surface area contributed by atoms with Gasteiger partial charge in [-0.2, -0.15) is 0 Å². The van der Waals surface area contributed by atoms with Gasteiger partial charge in [-0.3, -0.25) is 14.6 Å². The van der Waals surface area contributed by atoms with Crippen molar-refractivity contribution in [3.8, 4) is 11.1 Å². The average Bonchev–Trinajstić information content (AvgIpc) is 3.15. The molecule has 1 aromatic heterocycles. The van der Waals surface area contributed by atoms with Crippen LogP contribution in [0.15, 0.2) is 54.6 Å². The molecule has 1 amide bonds. The van der Waals surface area contributed by atoms with Gasteiger partial charge in [0.05, 0.1) is 13.7 Å². The summed E-state index contributed by atoms with van der Waals surface area (Å²) in [6.45, 7) is 6.44. The fraction of sp³-hybridized carbons (Fsp3) is 0.308. The minimum absolute atomic E-state index is 0.130. The Labute approximate surface area is 209 Å². The number of hydrogen-bond acceptors (Lipinski definition) is 6. The van der Waals surface area contributed by atoms with Crippen LogP contribution in [0.2, 0.25) is 5.02 Å². The summed E-state index contributed by atoms with van der Waals surface area (Å²) >= 11 is 7.50. The molecule has 0 unspecified atom stereocenters. The lowest BCUT2D eigenvalue weighted by Gasteiger charge is -2.34. The Kier molecular flexibility index (Phi) is 8.00. The number of nitrogens with zero attached hydrogens (tertiary/aromatic N) is 2. The Morgan fingerprint density at radius 3 is 2.41 bits per heavy atom. The molecule has 6 nitrogen and oxygen atoms in total. The lowest BCUT2D eigenvalue weighted by atomic mass is 10.0. The van der Waals surface area contributed by atoms with Crippen molar-refractivity contribution in [2.75, 3.05) is 45.2 Å². The van der Waals surface area contributed by atoms with Crippen LogP contribution >= 0.6 is 22.9 Å². The fourth-order valence-electron chi connectivity index (χ4n) is 4.25. The van der Waals surface area contributed by atoms with E-state index in [9.17, 15) is 9.59 Å². The molecule has 2 heterocycles. The van der Waals surface area contributed by atoms with Crippen LogP contribution in [-0.4, -0.2) is 61.5 Å². The van der Waals surface area contributed by atoms with Gasteiger partial charge in [0.25, 0.3) is 0 Å². The van der Waals surface area contributed by atoms with Crippen LogP contribution in [0.25, 0.3) is 11.1 Å². The number of carbonyl (C=O) groups excluding carboxylic acids is 2. The van der Waals surface area contributed by atoms with Crippen molar-refractivity contribution < 1.29 is 14.3 Å². The topological polar surface area (TPSA) is 61.9 Å². The number of amides is 1. The Morgan fingerprint density at radius 1 is 1.03 bits per heavy atom. The summed E-state index contributed by atoms with van der Waals surface area (Å²) in [6.07, 6.45) is 0. The molecule has 0 aliphatic carbocycles. The van der Waals surface area contributed by atoms with E-state index >= 15 is 0 Å². The van der Waals surface area contributed by atoms with Crippen molar-refractivity contribution in [3.63, 3.8) is 0 Å². The van der Waals surface area contributed by atoms with E-state index in [1.807, 2.05) is 55.5 Å². The summed E-state index contributed by atoms with van der Waals surface area (Å²) in [5.41, 5.74) is 3.34. The average molecular weight is 498 g/mol. The van der Waals surface area contributed by atoms with Crippen LogP contribution in [-0.2, 0) is 16.1 Å². The van der Waals surface area contributed by atoms with Gasteiger partial charge in [-0.15, -0.1) is 11.3 Å².